The minimum absolute atomic E-state index is 0.149. The Bertz CT molecular complexity index is 1300. The monoisotopic (exact) mass is 483 g/mol. The van der Waals surface area contributed by atoms with Crippen LogP contribution in [0.15, 0.2) is 24.4 Å². The standard InChI is InChI=1S/C22H19F2N7O4/c23-22(24)8-14(5-6-25)30(11-22)21(35)16-10-31(28-27-16)13-2-1-12-9-29(20(34)15(12)7-13)17-3-4-18(32)26-19(17)33/h1-2,7,10,14,17H,3-5,8-9,11H2,(H,26,32,33). The van der Waals surface area contributed by atoms with Gasteiger partial charge in [0.15, 0.2) is 5.69 Å². The predicted molar refractivity (Wildman–Crippen MR) is 112 cm³/mol. The smallest absolute Gasteiger partial charge is 0.276 e. The number of piperidine rings is 1. The molecule has 5 rings (SSSR count). The largest absolute Gasteiger partial charge is 0.327 e. The number of carbonyl (C=O) groups excluding carboxylic acids is 4. The number of aromatic nitrogens is 3. The maximum atomic E-state index is 13.9. The fraction of sp³-hybridized carbons (Fsp3) is 0.409. The van der Waals surface area contributed by atoms with Crippen LogP contribution in [0.1, 0.15) is 52.1 Å². The van der Waals surface area contributed by atoms with Crippen LogP contribution in [-0.2, 0) is 16.1 Å². The molecule has 2 atom stereocenters. The van der Waals surface area contributed by atoms with Gasteiger partial charge >= 0.3 is 0 Å². The van der Waals surface area contributed by atoms with Crippen molar-refractivity contribution < 1.29 is 28.0 Å². The molecule has 4 amide bonds. The van der Waals surface area contributed by atoms with Crippen LogP contribution < -0.4 is 5.32 Å². The predicted octanol–water partition coefficient (Wildman–Crippen LogP) is 0.792. The van der Waals surface area contributed by atoms with Crippen LogP contribution in [0.2, 0.25) is 0 Å². The summed E-state index contributed by atoms with van der Waals surface area (Å²) in [6, 6.07) is 5.08. The lowest BCUT2D eigenvalue weighted by atomic mass is 10.0. The fourth-order valence-electron chi connectivity index (χ4n) is 4.74. The van der Waals surface area contributed by atoms with E-state index in [0.717, 1.165) is 4.90 Å². The molecule has 1 N–H and O–H groups in total. The summed E-state index contributed by atoms with van der Waals surface area (Å²) in [7, 11) is 0. The van der Waals surface area contributed by atoms with E-state index < -0.39 is 42.8 Å². The number of nitrogens with one attached hydrogen (secondary N) is 1. The Balaban J connectivity index is 1.35. The molecule has 1 aromatic carbocycles. The Kier molecular flexibility index (Phi) is 5.31. The van der Waals surface area contributed by atoms with Gasteiger partial charge in [-0.05, 0) is 24.1 Å². The molecule has 2 aromatic rings. The second kappa shape index (κ2) is 8.23. The minimum atomic E-state index is -3.08. The van der Waals surface area contributed by atoms with Crippen LogP contribution >= 0.6 is 0 Å². The van der Waals surface area contributed by atoms with Crippen molar-refractivity contribution in [3.8, 4) is 11.8 Å². The van der Waals surface area contributed by atoms with Crippen molar-refractivity contribution >= 4 is 23.6 Å². The topological polar surface area (TPSA) is 141 Å². The second-order valence-electron chi connectivity index (χ2n) is 8.80. The van der Waals surface area contributed by atoms with E-state index in [2.05, 4.69) is 15.6 Å². The zero-order valence-corrected chi connectivity index (χ0v) is 18.3. The van der Waals surface area contributed by atoms with Crippen molar-refractivity contribution in [1.82, 2.24) is 30.1 Å². The van der Waals surface area contributed by atoms with E-state index in [9.17, 15) is 28.0 Å². The number of imide groups is 1. The number of fused-ring (bicyclic) bond motifs is 1. The minimum Gasteiger partial charge on any atom is -0.327 e. The summed E-state index contributed by atoms with van der Waals surface area (Å²) in [5.41, 5.74) is 1.29. The van der Waals surface area contributed by atoms with Crippen molar-refractivity contribution in [1.29, 1.82) is 5.26 Å². The molecule has 1 aromatic heterocycles. The molecule has 13 heteroatoms. The molecular formula is C22H19F2N7O4. The highest BCUT2D eigenvalue weighted by atomic mass is 19.3. The molecule has 2 saturated heterocycles. The number of alkyl halides is 2. The van der Waals surface area contributed by atoms with Gasteiger partial charge in [-0.25, -0.2) is 13.5 Å². The molecule has 3 aliphatic heterocycles. The molecule has 2 fully saturated rings. The van der Waals surface area contributed by atoms with Gasteiger partial charge in [0.05, 0.1) is 37.0 Å². The third kappa shape index (κ3) is 4.01. The van der Waals surface area contributed by atoms with Crippen LogP contribution in [-0.4, -0.2) is 73.0 Å². The molecule has 0 aliphatic carbocycles. The van der Waals surface area contributed by atoms with Crippen molar-refractivity contribution in [2.75, 3.05) is 6.54 Å². The number of nitrogens with zero attached hydrogens (tertiary/aromatic N) is 6. The first-order valence-corrected chi connectivity index (χ1v) is 10.9. The lowest BCUT2D eigenvalue weighted by molar-refractivity contribution is -0.136. The number of hydrogen-bond donors (Lipinski definition) is 1. The first kappa shape index (κ1) is 22.6. The van der Waals surface area contributed by atoms with Crippen molar-refractivity contribution in [3.63, 3.8) is 0 Å². The first-order valence-electron chi connectivity index (χ1n) is 10.9. The van der Waals surface area contributed by atoms with Gasteiger partial charge in [-0.3, -0.25) is 24.5 Å². The number of hydrogen-bond acceptors (Lipinski definition) is 7. The molecule has 0 spiro atoms. The summed E-state index contributed by atoms with van der Waals surface area (Å²) in [4.78, 5) is 51.8. The molecular weight excluding hydrogens is 464 g/mol. The van der Waals surface area contributed by atoms with E-state index in [4.69, 9.17) is 5.26 Å². The summed E-state index contributed by atoms with van der Waals surface area (Å²) < 4.78 is 29.0. The fourth-order valence-corrected chi connectivity index (χ4v) is 4.74. The van der Waals surface area contributed by atoms with Gasteiger partial charge in [0.1, 0.15) is 6.04 Å². The lowest BCUT2D eigenvalue weighted by Crippen LogP contribution is -2.52. The average molecular weight is 483 g/mol. The number of nitriles is 1. The third-order valence-electron chi connectivity index (χ3n) is 6.45. The van der Waals surface area contributed by atoms with Crippen molar-refractivity contribution in [2.24, 2.45) is 0 Å². The molecule has 180 valence electrons. The van der Waals surface area contributed by atoms with Crippen LogP contribution in [0, 0.1) is 11.3 Å². The number of carbonyl (C=O) groups is 4. The highest BCUT2D eigenvalue weighted by Crippen LogP contribution is 2.34. The van der Waals surface area contributed by atoms with Gasteiger partial charge in [0, 0.05) is 24.9 Å². The van der Waals surface area contributed by atoms with E-state index >= 15 is 0 Å². The molecule has 0 bridgehead atoms. The van der Waals surface area contributed by atoms with E-state index in [1.165, 1.54) is 15.8 Å². The SMILES string of the molecule is N#CCC1CC(F)(F)CN1C(=O)c1cn(-c2ccc3c(c2)C(=O)N(C2CCC(=O)NC2=O)C3)nn1. The molecule has 0 saturated carbocycles. The second-order valence-corrected chi connectivity index (χ2v) is 8.80. The van der Waals surface area contributed by atoms with Crippen LogP contribution in [0.5, 0.6) is 0 Å². The van der Waals surface area contributed by atoms with E-state index in [0.29, 0.717) is 16.8 Å². The Morgan fingerprint density at radius 2 is 2.09 bits per heavy atom. The summed E-state index contributed by atoms with van der Waals surface area (Å²) in [6.45, 7) is -0.583. The maximum absolute atomic E-state index is 13.9. The van der Waals surface area contributed by atoms with Gasteiger partial charge in [-0.2, -0.15) is 5.26 Å². The summed E-state index contributed by atoms with van der Waals surface area (Å²) in [6.07, 6.45) is 0.869. The van der Waals surface area contributed by atoms with Crippen LogP contribution in [0.3, 0.4) is 0 Å². The number of benzene rings is 1. The molecule has 35 heavy (non-hydrogen) atoms. The molecule has 4 heterocycles. The van der Waals surface area contributed by atoms with E-state index in [-0.39, 0.29) is 43.3 Å². The Morgan fingerprint density at radius 1 is 1.29 bits per heavy atom. The van der Waals surface area contributed by atoms with E-state index in [1.807, 2.05) is 6.07 Å². The Morgan fingerprint density at radius 3 is 2.83 bits per heavy atom. The zero-order chi connectivity index (χ0) is 24.9. The van der Waals surface area contributed by atoms with Gasteiger partial charge < -0.3 is 9.80 Å². The lowest BCUT2D eigenvalue weighted by Gasteiger charge is -2.29. The van der Waals surface area contributed by atoms with Gasteiger partial charge in [0.25, 0.3) is 17.7 Å². The zero-order valence-electron chi connectivity index (χ0n) is 18.3. The quantitative estimate of drug-likeness (QED) is 0.634. The number of rotatable bonds is 4. The summed E-state index contributed by atoms with van der Waals surface area (Å²) in [5, 5.41) is 18.9. The third-order valence-corrected chi connectivity index (χ3v) is 6.45. The normalized spacial score (nSPS) is 23.3. The molecule has 2 unspecified atom stereocenters. The van der Waals surface area contributed by atoms with Crippen LogP contribution in [0.4, 0.5) is 8.78 Å². The van der Waals surface area contributed by atoms with Gasteiger partial charge in [-0.15, -0.1) is 5.10 Å². The average Bonchev–Trinajstić information content (AvgIpc) is 3.50. The number of likely N-dealkylation sites (tertiary alicyclic amines) is 1. The molecule has 3 aliphatic rings. The van der Waals surface area contributed by atoms with Gasteiger partial charge in [-0.1, -0.05) is 11.3 Å². The van der Waals surface area contributed by atoms with Crippen LogP contribution in [0.25, 0.3) is 5.69 Å². The summed E-state index contributed by atoms with van der Waals surface area (Å²) in [5.74, 6) is -5.08. The van der Waals surface area contributed by atoms with Gasteiger partial charge in [0.2, 0.25) is 11.8 Å². The first-order chi connectivity index (χ1) is 16.7. The Hall–Kier alpha value is -4.21. The number of amides is 4. The highest BCUT2D eigenvalue weighted by molar-refractivity contribution is 6.05. The highest BCUT2D eigenvalue weighted by Gasteiger charge is 2.47. The molecule has 0 radical (unpaired) electrons. The molecule has 11 nitrogen and oxygen atoms in total. The Labute approximate surface area is 197 Å². The number of halogens is 2. The van der Waals surface area contributed by atoms with Crippen molar-refractivity contribution in [3.05, 3.63) is 41.2 Å². The van der Waals surface area contributed by atoms with E-state index in [1.54, 1.807) is 18.2 Å². The van der Waals surface area contributed by atoms with Crippen molar-refractivity contribution in [2.45, 2.75) is 50.2 Å². The maximum Gasteiger partial charge on any atom is 0.276 e. The summed E-state index contributed by atoms with van der Waals surface area (Å²) >= 11 is 0.